The fourth-order valence-electron chi connectivity index (χ4n) is 2.46. The molecule has 1 saturated carbocycles. The van der Waals surface area contributed by atoms with Gasteiger partial charge in [-0.1, -0.05) is 0 Å². The Balaban J connectivity index is 1.49. The molecule has 5 nitrogen and oxygen atoms in total. The van der Waals surface area contributed by atoms with Gasteiger partial charge in [-0.2, -0.15) is 0 Å². The van der Waals surface area contributed by atoms with E-state index < -0.39 is 0 Å². The molecule has 0 N–H and O–H groups in total. The molecule has 0 aromatic carbocycles. The highest BCUT2D eigenvalue weighted by Gasteiger charge is 2.26. The normalized spacial score (nSPS) is 21.3. The van der Waals surface area contributed by atoms with Gasteiger partial charge >= 0.3 is 0 Å². The predicted octanol–water partition coefficient (Wildman–Crippen LogP) is 0.640. The van der Waals surface area contributed by atoms with E-state index in [9.17, 15) is 4.79 Å². The average Bonchev–Trinajstić information content (AvgIpc) is 3.01. The lowest BCUT2D eigenvalue weighted by Gasteiger charge is -2.35. The number of nitrogens with zero attached hydrogens (tertiary/aromatic N) is 4. The number of rotatable bonds is 3. The quantitative estimate of drug-likeness (QED) is 0.808. The number of hydrogen-bond donors (Lipinski definition) is 0. The Bertz CT molecular complexity index is 436. The van der Waals surface area contributed by atoms with Crippen LogP contribution < -0.4 is 0 Å². The van der Waals surface area contributed by atoms with E-state index in [1.54, 1.807) is 12.4 Å². The minimum atomic E-state index is -0.0222. The van der Waals surface area contributed by atoms with Gasteiger partial charge in [0.25, 0.3) is 5.91 Å². The first-order chi connectivity index (χ1) is 9.83. The monoisotopic (exact) mass is 269 g/mol. The van der Waals surface area contributed by atoms with Crippen LogP contribution in [0.25, 0.3) is 0 Å². The van der Waals surface area contributed by atoms with Crippen LogP contribution in [0.3, 0.4) is 0 Å². The van der Waals surface area contributed by atoms with Crippen molar-refractivity contribution in [3.8, 4) is 0 Å². The zero-order chi connectivity index (χ0) is 13.8. The Labute approximate surface area is 120 Å². The average molecular weight is 269 g/mol. The molecule has 5 heteroatoms. The van der Waals surface area contributed by atoms with Crippen LogP contribution in [0.5, 0.6) is 0 Å². The number of hydrogen-bond acceptors (Lipinski definition) is 4. The van der Waals surface area contributed by atoms with E-state index in [1.807, 2.05) is 4.90 Å². The molecule has 1 amide bonds. The Hall–Kier alpha value is -1.49. The molecular formula is C15H17N4O. The van der Waals surface area contributed by atoms with Crippen molar-refractivity contribution in [2.75, 3.05) is 32.7 Å². The van der Waals surface area contributed by atoms with Crippen LogP contribution >= 0.6 is 0 Å². The van der Waals surface area contributed by atoms with Crippen LogP contribution in [-0.2, 0) is 0 Å². The van der Waals surface area contributed by atoms with Gasteiger partial charge in [0.05, 0.1) is 6.20 Å². The smallest absolute Gasteiger partial charge is 0.274 e. The Morgan fingerprint density at radius 3 is 2.50 bits per heavy atom. The molecule has 3 rings (SSSR count). The van der Waals surface area contributed by atoms with E-state index in [0.717, 1.165) is 32.7 Å². The SMILES string of the molecule is O=C(c1cnccn1)N1CCN(C[C]2[CH][CH][CH][CH]2)CC1. The number of amides is 1. The van der Waals surface area contributed by atoms with Gasteiger partial charge < -0.3 is 4.90 Å². The number of carbonyl (C=O) groups is 1. The van der Waals surface area contributed by atoms with Crippen LogP contribution in [0.4, 0.5) is 0 Å². The van der Waals surface area contributed by atoms with Gasteiger partial charge in [-0.25, -0.2) is 4.98 Å². The molecule has 0 spiro atoms. The molecule has 2 aliphatic rings. The lowest BCUT2D eigenvalue weighted by molar-refractivity contribution is 0.0638. The summed E-state index contributed by atoms with van der Waals surface area (Å²) in [7, 11) is 0. The molecule has 2 heterocycles. The third kappa shape index (κ3) is 3.15. The van der Waals surface area contributed by atoms with Crippen molar-refractivity contribution in [2.45, 2.75) is 0 Å². The molecule has 1 aliphatic carbocycles. The van der Waals surface area contributed by atoms with Gasteiger partial charge in [-0.3, -0.25) is 14.7 Å². The third-order valence-electron chi connectivity index (χ3n) is 3.58. The first-order valence-electron chi connectivity index (χ1n) is 6.81. The van der Waals surface area contributed by atoms with Crippen molar-refractivity contribution < 1.29 is 4.79 Å². The van der Waals surface area contributed by atoms with Crippen LogP contribution in [-0.4, -0.2) is 58.4 Å². The summed E-state index contributed by atoms with van der Waals surface area (Å²) in [6.07, 6.45) is 13.0. The van der Waals surface area contributed by atoms with Crippen molar-refractivity contribution in [3.63, 3.8) is 0 Å². The van der Waals surface area contributed by atoms with Crippen molar-refractivity contribution in [3.05, 3.63) is 55.9 Å². The van der Waals surface area contributed by atoms with Crippen molar-refractivity contribution in [2.24, 2.45) is 0 Å². The van der Waals surface area contributed by atoms with Crippen LogP contribution in [0.15, 0.2) is 18.6 Å². The molecule has 1 aromatic rings. The predicted molar refractivity (Wildman–Crippen MR) is 74.8 cm³/mol. The van der Waals surface area contributed by atoms with Crippen LogP contribution in [0.1, 0.15) is 10.5 Å². The Morgan fingerprint density at radius 1 is 1.10 bits per heavy atom. The van der Waals surface area contributed by atoms with Crippen LogP contribution in [0.2, 0.25) is 0 Å². The zero-order valence-electron chi connectivity index (χ0n) is 11.3. The van der Waals surface area contributed by atoms with Crippen molar-refractivity contribution >= 4 is 5.91 Å². The van der Waals surface area contributed by atoms with Gasteiger partial charge in [-0.05, 0) is 31.6 Å². The molecule has 20 heavy (non-hydrogen) atoms. The molecule has 1 aliphatic heterocycles. The maximum atomic E-state index is 12.2. The van der Waals surface area contributed by atoms with E-state index in [4.69, 9.17) is 0 Å². The third-order valence-corrected chi connectivity index (χ3v) is 3.58. The summed E-state index contributed by atoms with van der Waals surface area (Å²) in [5.74, 6) is 1.31. The van der Waals surface area contributed by atoms with Gasteiger partial charge in [0, 0.05) is 45.1 Å². The van der Waals surface area contributed by atoms with Gasteiger partial charge in [-0.15, -0.1) is 0 Å². The summed E-state index contributed by atoms with van der Waals surface area (Å²) in [6.45, 7) is 4.25. The number of aromatic nitrogens is 2. The van der Waals surface area contributed by atoms with E-state index in [-0.39, 0.29) is 5.91 Å². The van der Waals surface area contributed by atoms with E-state index in [1.165, 1.54) is 12.1 Å². The minimum absolute atomic E-state index is 0.0222. The summed E-state index contributed by atoms with van der Waals surface area (Å²) < 4.78 is 0. The van der Waals surface area contributed by atoms with Gasteiger partial charge in [0.15, 0.2) is 0 Å². The van der Waals surface area contributed by atoms with Crippen molar-refractivity contribution in [1.29, 1.82) is 0 Å². The highest BCUT2D eigenvalue weighted by molar-refractivity contribution is 5.92. The van der Waals surface area contributed by atoms with Gasteiger partial charge in [0.1, 0.15) is 5.69 Å². The van der Waals surface area contributed by atoms with Gasteiger partial charge in [0.2, 0.25) is 0 Å². The fraction of sp³-hybridized carbons (Fsp3) is 0.333. The largest absolute Gasteiger partial charge is 0.335 e. The van der Waals surface area contributed by atoms with Crippen molar-refractivity contribution in [1.82, 2.24) is 19.8 Å². The number of carbonyl (C=O) groups excluding carboxylic acids is 1. The van der Waals surface area contributed by atoms with E-state index in [0.29, 0.717) is 5.69 Å². The second-order valence-corrected chi connectivity index (χ2v) is 4.95. The second kappa shape index (κ2) is 6.31. The molecular weight excluding hydrogens is 252 g/mol. The summed E-state index contributed by atoms with van der Waals surface area (Å²) >= 11 is 0. The highest BCUT2D eigenvalue weighted by Crippen LogP contribution is 2.24. The summed E-state index contributed by atoms with van der Waals surface area (Å²) in [4.78, 5) is 24.5. The topological polar surface area (TPSA) is 49.3 Å². The lowest BCUT2D eigenvalue weighted by Crippen LogP contribution is -2.49. The minimum Gasteiger partial charge on any atom is -0.335 e. The Morgan fingerprint density at radius 2 is 1.85 bits per heavy atom. The summed E-state index contributed by atoms with van der Waals surface area (Å²) in [6, 6.07) is 0. The molecule has 0 unspecified atom stereocenters. The standard InChI is InChI=1S/C15H17N4O/c20-15(14-11-16-5-6-17-14)19-9-7-18(8-10-19)12-13-3-1-2-4-13/h1-6,11H,7-10,12H2. The molecule has 5 radical (unpaired) electrons. The molecule has 0 atom stereocenters. The molecule has 103 valence electrons. The molecule has 0 bridgehead atoms. The maximum Gasteiger partial charge on any atom is 0.274 e. The lowest BCUT2D eigenvalue weighted by atomic mass is 10.1. The molecule has 1 saturated heterocycles. The maximum absolute atomic E-state index is 12.2. The summed E-state index contributed by atoms with van der Waals surface area (Å²) in [5.41, 5.74) is 0.428. The van der Waals surface area contributed by atoms with E-state index in [2.05, 4.69) is 40.6 Å². The first kappa shape index (κ1) is 13.5. The number of piperazine rings is 1. The molecule has 1 aromatic heterocycles. The highest BCUT2D eigenvalue weighted by atomic mass is 16.2. The van der Waals surface area contributed by atoms with Crippen LogP contribution in [0, 0.1) is 31.6 Å². The zero-order valence-corrected chi connectivity index (χ0v) is 11.3. The Kier molecular flexibility index (Phi) is 4.25. The fourth-order valence-corrected chi connectivity index (χ4v) is 2.46. The second-order valence-electron chi connectivity index (χ2n) is 4.95. The molecule has 2 fully saturated rings. The first-order valence-corrected chi connectivity index (χ1v) is 6.81. The summed E-state index contributed by atoms with van der Waals surface area (Å²) in [5, 5.41) is 0. The van der Waals surface area contributed by atoms with E-state index >= 15 is 0 Å².